The van der Waals surface area contributed by atoms with Gasteiger partial charge in [-0.25, -0.2) is 13.1 Å². The molecule has 0 amide bonds. The molecule has 1 aliphatic heterocycles. The average molecular weight is 291 g/mol. The lowest BCUT2D eigenvalue weighted by atomic mass is 10.2. The molecule has 0 saturated carbocycles. The standard InChI is InChI=1S/C10H17N3O3S2/c1-7-9(17-10(14)12-7)18(15,16)13-8-4-2-3-5-11-6-8/h8,11,13H,2-6H2,1H3,(H,12,14). The minimum atomic E-state index is -3.59. The zero-order valence-electron chi connectivity index (χ0n) is 10.2. The average Bonchev–Trinajstić information content (AvgIpc) is 2.51. The second kappa shape index (κ2) is 5.52. The zero-order valence-corrected chi connectivity index (χ0v) is 11.8. The van der Waals surface area contributed by atoms with Gasteiger partial charge in [-0.05, 0) is 26.3 Å². The molecule has 102 valence electrons. The Bertz CT molecular complexity index is 553. The van der Waals surface area contributed by atoms with Gasteiger partial charge in [-0.2, -0.15) is 0 Å². The number of aromatic amines is 1. The highest BCUT2D eigenvalue weighted by Crippen LogP contribution is 2.17. The maximum atomic E-state index is 12.2. The Morgan fingerprint density at radius 3 is 2.83 bits per heavy atom. The SMILES string of the molecule is Cc1[nH]c(=O)sc1S(=O)(=O)NC1CCCCNC1. The van der Waals surface area contributed by atoms with Crippen molar-refractivity contribution >= 4 is 21.4 Å². The van der Waals surface area contributed by atoms with Crippen LogP contribution >= 0.6 is 11.3 Å². The number of H-pyrrole nitrogens is 1. The Balaban J connectivity index is 2.16. The summed E-state index contributed by atoms with van der Waals surface area (Å²) >= 11 is 0.733. The number of nitrogens with one attached hydrogen (secondary N) is 3. The van der Waals surface area contributed by atoms with Crippen molar-refractivity contribution < 1.29 is 8.42 Å². The summed E-state index contributed by atoms with van der Waals surface area (Å²) in [5, 5.41) is 3.20. The van der Waals surface area contributed by atoms with Crippen molar-refractivity contribution in [2.45, 2.75) is 36.4 Å². The van der Waals surface area contributed by atoms with E-state index in [2.05, 4.69) is 15.0 Å². The van der Waals surface area contributed by atoms with Crippen LogP contribution in [0, 0.1) is 6.92 Å². The summed E-state index contributed by atoms with van der Waals surface area (Å²) in [7, 11) is -3.59. The van der Waals surface area contributed by atoms with Crippen molar-refractivity contribution in [1.29, 1.82) is 0 Å². The molecule has 1 atom stereocenters. The summed E-state index contributed by atoms with van der Waals surface area (Å²) in [6, 6.07) is -0.103. The van der Waals surface area contributed by atoms with Gasteiger partial charge < -0.3 is 10.3 Å². The van der Waals surface area contributed by atoms with Gasteiger partial charge in [0.1, 0.15) is 0 Å². The van der Waals surface area contributed by atoms with Gasteiger partial charge in [-0.1, -0.05) is 17.8 Å². The molecular weight excluding hydrogens is 274 g/mol. The lowest BCUT2D eigenvalue weighted by molar-refractivity contribution is 0.522. The van der Waals surface area contributed by atoms with Gasteiger partial charge >= 0.3 is 4.87 Å². The van der Waals surface area contributed by atoms with Crippen LogP contribution in [-0.2, 0) is 10.0 Å². The number of sulfonamides is 1. The van der Waals surface area contributed by atoms with Crippen LogP contribution in [0.1, 0.15) is 25.0 Å². The Labute approximate surface area is 110 Å². The van der Waals surface area contributed by atoms with E-state index in [-0.39, 0.29) is 15.1 Å². The molecule has 0 spiro atoms. The van der Waals surface area contributed by atoms with Crippen molar-refractivity contribution in [2.75, 3.05) is 13.1 Å². The van der Waals surface area contributed by atoms with Crippen LogP contribution in [0.4, 0.5) is 0 Å². The maximum absolute atomic E-state index is 12.2. The van der Waals surface area contributed by atoms with E-state index in [1.807, 2.05) is 0 Å². The molecule has 0 radical (unpaired) electrons. The van der Waals surface area contributed by atoms with Crippen molar-refractivity contribution in [2.24, 2.45) is 0 Å². The van der Waals surface area contributed by atoms with Crippen molar-refractivity contribution in [3.63, 3.8) is 0 Å². The number of rotatable bonds is 3. The van der Waals surface area contributed by atoms with E-state index in [9.17, 15) is 13.2 Å². The van der Waals surface area contributed by atoms with Crippen LogP contribution < -0.4 is 14.9 Å². The Kier molecular flexibility index (Phi) is 4.21. The molecule has 2 rings (SSSR count). The van der Waals surface area contributed by atoms with E-state index >= 15 is 0 Å². The summed E-state index contributed by atoms with van der Waals surface area (Å²) in [6.07, 6.45) is 2.89. The highest BCUT2D eigenvalue weighted by atomic mass is 32.2. The third-order valence-corrected chi connectivity index (χ3v) is 6.02. The molecular formula is C10H17N3O3S2. The molecule has 3 N–H and O–H groups in total. The molecule has 1 aliphatic rings. The van der Waals surface area contributed by atoms with Gasteiger partial charge in [0.15, 0.2) is 4.21 Å². The molecule has 1 aromatic rings. The van der Waals surface area contributed by atoms with Crippen LogP contribution in [0.15, 0.2) is 9.00 Å². The summed E-state index contributed by atoms with van der Waals surface area (Å²) in [5.74, 6) is 0. The second-order valence-corrected chi connectivity index (χ2v) is 7.34. The fourth-order valence-electron chi connectivity index (χ4n) is 2.04. The van der Waals surface area contributed by atoms with Crippen LogP contribution in [0.5, 0.6) is 0 Å². The van der Waals surface area contributed by atoms with Crippen LogP contribution in [-0.4, -0.2) is 32.5 Å². The van der Waals surface area contributed by atoms with Gasteiger partial charge in [0.05, 0.1) is 0 Å². The van der Waals surface area contributed by atoms with Gasteiger partial charge in [0.25, 0.3) is 10.0 Å². The van der Waals surface area contributed by atoms with Crippen LogP contribution in [0.2, 0.25) is 0 Å². The maximum Gasteiger partial charge on any atom is 0.305 e. The zero-order chi connectivity index (χ0) is 13.2. The number of hydrogen-bond acceptors (Lipinski definition) is 5. The molecule has 1 saturated heterocycles. The smallest absolute Gasteiger partial charge is 0.305 e. The van der Waals surface area contributed by atoms with Crippen LogP contribution in [0.3, 0.4) is 0 Å². The lowest BCUT2D eigenvalue weighted by Gasteiger charge is -2.15. The first kappa shape index (κ1) is 13.7. The van der Waals surface area contributed by atoms with E-state index < -0.39 is 10.0 Å². The highest BCUT2D eigenvalue weighted by Gasteiger charge is 2.24. The molecule has 0 aliphatic carbocycles. The van der Waals surface area contributed by atoms with E-state index in [1.165, 1.54) is 0 Å². The van der Waals surface area contributed by atoms with Gasteiger partial charge in [0, 0.05) is 18.3 Å². The first-order chi connectivity index (χ1) is 8.49. The van der Waals surface area contributed by atoms with Crippen molar-refractivity contribution in [3.8, 4) is 0 Å². The second-order valence-electron chi connectivity index (χ2n) is 4.45. The third kappa shape index (κ3) is 3.19. The number of thiazole rings is 1. The summed E-state index contributed by atoms with van der Waals surface area (Å²) in [6.45, 7) is 3.16. The van der Waals surface area contributed by atoms with E-state index in [0.29, 0.717) is 12.2 Å². The van der Waals surface area contributed by atoms with Gasteiger partial charge in [-0.3, -0.25) is 4.79 Å². The summed E-state index contributed by atoms with van der Waals surface area (Å²) < 4.78 is 27.1. The minimum absolute atomic E-state index is 0.0942. The predicted octanol–water partition coefficient (Wildman–Crippen LogP) is 0.165. The Morgan fingerprint density at radius 1 is 1.39 bits per heavy atom. The molecule has 1 fully saturated rings. The summed E-state index contributed by atoms with van der Waals surface area (Å²) in [5.41, 5.74) is 0.402. The quantitative estimate of drug-likeness (QED) is 0.740. The normalized spacial score (nSPS) is 21.7. The molecule has 18 heavy (non-hydrogen) atoms. The summed E-state index contributed by atoms with van der Waals surface area (Å²) in [4.78, 5) is 13.3. The number of aryl methyl sites for hydroxylation is 1. The Morgan fingerprint density at radius 2 is 2.17 bits per heavy atom. The first-order valence-electron chi connectivity index (χ1n) is 5.92. The minimum Gasteiger partial charge on any atom is -0.315 e. The van der Waals surface area contributed by atoms with Crippen molar-refractivity contribution in [3.05, 3.63) is 15.4 Å². The van der Waals surface area contributed by atoms with Gasteiger partial charge in [0.2, 0.25) is 0 Å². The number of aromatic nitrogens is 1. The monoisotopic (exact) mass is 291 g/mol. The first-order valence-corrected chi connectivity index (χ1v) is 8.22. The molecule has 0 aromatic carbocycles. The molecule has 0 bridgehead atoms. The largest absolute Gasteiger partial charge is 0.315 e. The van der Waals surface area contributed by atoms with Gasteiger partial charge in [-0.15, -0.1) is 0 Å². The van der Waals surface area contributed by atoms with E-state index in [4.69, 9.17) is 0 Å². The van der Waals surface area contributed by atoms with E-state index in [0.717, 1.165) is 37.1 Å². The Hall–Kier alpha value is -0.700. The topological polar surface area (TPSA) is 91.1 Å². The predicted molar refractivity (Wildman–Crippen MR) is 70.5 cm³/mol. The molecule has 1 aromatic heterocycles. The molecule has 8 heteroatoms. The molecule has 2 heterocycles. The number of hydrogen-bond donors (Lipinski definition) is 3. The van der Waals surface area contributed by atoms with Crippen molar-refractivity contribution in [1.82, 2.24) is 15.0 Å². The molecule has 1 unspecified atom stereocenters. The van der Waals surface area contributed by atoms with Crippen LogP contribution in [0.25, 0.3) is 0 Å². The fraction of sp³-hybridized carbons (Fsp3) is 0.700. The van der Waals surface area contributed by atoms with E-state index in [1.54, 1.807) is 6.92 Å². The molecule has 6 nitrogen and oxygen atoms in total. The fourth-order valence-corrected chi connectivity index (χ4v) is 4.63. The lowest BCUT2D eigenvalue weighted by Crippen LogP contribution is -2.40. The third-order valence-electron chi connectivity index (χ3n) is 2.89. The highest BCUT2D eigenvalue weighted by molar-refractivity contribution is 7.91.